The van der Waals surface area contributed by atoms with Crippen molar-refractivity contribution in [1.82, 2.24) is 9.78 Å². The zero-order valence-electron chi connectivity index (χ0n) is 10.9. The highest BCUT2D eigenvalue weighted by Gasteiger charge is 2.26. The number of carboxylic acid groups (broad SMARTS) is 1. The van der Waals surface area contributed by atoms with Crippen LogP contribution in [-0.2, 0) is 0 Å². The topological polar surface area (TPSA) is 55.1 Å². The number of benzene rings is 1. The van der Waals surface area contributed by atoms with Crippen LogP contribution in [0.3, 0.4) is 0 Å². The summed E-state index contributed by atoms with van der Waals surface area (Å²) in [7, 11) is 0. The van der Waals surface area contributed by atoms with Crippen LogP contribution in [0.1, 0.15) is 47.7 Å². The van der Waals surface area contributed by atoms with Gasteiger partial charge >= 0.3 is 5.97 Å². The van der Waals surface area contributed by atoms with Crippen LogP contribution in [0.25, 0.3) is 5.69 Å². The third-order valence-corrected chi connectivity index (χ3v) is 4.33. The molecule has 20 heavy (non-hydrogen) atoms. The molecule has 0 bridgehead atoms. The smallest absolute Gasteiger partial charge is 0.339 e. The number of halogens is 1. The molecule has 0 unspecified atom stereocenters. The summed E-state index contributed by atoms with van der Waals surface area (Å²) in [6, 6.07) is 7.68. The minimum Gasteiger partial charge on any atom is -0.478 e. The number of rotatable bonds is 3. The summed E-state index contributed by atoms with van der Waals surface area (Å²) in [4.78, 5) is 11.4. The molecule has 1 aromatic heterocycles. The molecular formula is C15H15BrN2O2. The van der Waals surface area contributed by atoms with Crippen molar-refractivity contribution in [2.45, 2.75) is 31.6 Å². The Bertz CT molecular complexity index is 628. The minimum atomic E-state index is -0.893. The zero-order valence-corrected chi connectivity index (χ0v) is 12.5. The summed E-state index contributed by atoms with van der Waals surface area (Å²) >= 11 is 3.39. The summed E-state index contributed by atoms with van der Waals surface area (Å²) in [5, 5.41) is 13.9. The molecule has 4 nitrogen and oxygen atoms in total. The van der Waals surface area contributed by atoms with Crippen LogP contribution < -0.4 is 0 Å². The van der Waals surface area contributed by atoms with Gasteiger partial charge < -0.3 is 5.11 Å². The second-order valence-corrected chi connectivity index (χ2v) is 6.05. The standard InChI is InChI=1S/C15H15BrN2O2/c16-11-5-7-12(8-6-11)18-9-13(15(19)20)14(17-18)10-3-1-2-4-10/h5-10H,1-4H2,(H,19,20). The molecule has 1 fully saturated rings. The quantitative estimate of drug-likeness (QED) is 0.923. The number of carboxylic acids is 1. The highest BCUT2D eigenvalue weighted by Crippen LogP contribution is 2.35. The number of carbonyl (C=O) groups is 1. The Morgan fingerprint density at radius 2 is 1.90 bits per heavy atom. The molecule has 2 aromatic rings. The van der Waals surface area contributed by atoms with Crippen LogP contribution in [0.5, 0.6) is 0 Å². The molecule has 1 heterocycles. The van der Waals surface area contributed by atoms with Gasteiger partial charge in [-0.25, -0.2) is 9.48 Å². The average Bonchev–Trinajstić information content (AvgIpc) is 3.08. The summed E-state index contributed by atoms with van der Waals surface area (Å²) in [5.74, 6) is -0.604. The molecule has 104 valence electrons. The van der Waals surface area contributed by atoms with Crippen LogP contribution in [0.15, 0.2) is 34.9 Å². The summed E-state index contributed by atoms with van der Waals surface area (Å²) in [6.07, 6.45) is 6.03. The number of aromatic carboxylic acids is 1. The molecule has 0 aliphatic heterocycles. The van der Waals surface area contributed by atoms with Gasteiger partial charge in [0.25, 0.3) is 0 Å². The maximum atomic E-state index is 11.4. The fourth-order valence-electron chi connectivity index (χ4n) is 2.78. The van der Waals surface area contributed by atoms with E-state index in [9.17, 15) is 9.90 Å². The first-order chi connectivity index (χ1) is 9.65. The first kappa shape index (κ1) is 13.4. The molecule has 0 radical (unpaired) electrons. The SMILES string of the molecule is O=C(O)c1cn(-c2ccc(Br)cc2)nc1C1CCCC1. The molecule has 1 aromatic carbocycles. The van der Waals surface area contributed by atoms with Crippen molar-refractivity contribution in [3.63, 3.8) is 0 Å². The predicted molar refractivity (Wildman–Crippen MR) is 79.4 cm³/mol. The Morgan fingerprint density at radius 3 is 2.50 bits per heavy atom. The monoisotopic (exact) mass is 334 g/mol. The first-order valence-corrected chi connectivity index (χ1v) is 7.53. The van der Waals surface area contributed by atoms with Gasteiger partial charge in [-0.05, 0) is 37.1 Å². The first-order valence-electron chi connectivity index (χ1n) is 6.74. The molecule has 1 N–H and O–H groups in total. The maximum Gasteiger partial charge on any atom is 0.339 e. The lowest BCUT2D eigenvalue weighted by Gasteiger charge is -2.06. The summed E-state index contributed by atoms with van der Waals surface area (Å²) < 4.78 is 2.66. The second kappa shape index (κ2) is 5.40. The van der Waals surface area contributed by atoms with E-state index in [1.54, 1.807) is 10.9 Å². The molecule has 3 rings (SSSR count). The fraction of sp³-hybridized carbons (Fsp3) is 0.333. The van der Waals surface area contributed by atoms with E-state index in [1.165, 1.54) is 0 Å². The van der Waals surface area contributed by atoms with E-state index in [0.29, 0.717) is 5.56 Å². The van der Waals surface area contributed by atoms with Crippen molar-refractivity contribution in [3.05, 3.63) is 46.2 Å². The van der Waals surface area contributed by atoms with Crippen molar-refractivity contribution >= 4 is 21.9 Å². The number of hydrogen-bond acceptors (Lipinski definition) is 2. The summed E-state index contributed by atoms with van der Waals surface area (Å²) in [6.45, 7) is 0. The van der Waals surface area contributed by atoms with E-state index in [4.69, 9.17) is 0 Å². The highest BCUT2D eigenvalue weighted by molar-refractivity contribution is 9.10. The van der Waals surface area contributed by atoms with Crippen molar-refractivity contribution in [1.29, 1.82) is 0 Å². The number of hydrogen-bond donors (Lipinski definition) is 1. The molecule has 5 heteroatoms. The predicted octanol–water partition coefficient (Wildman–Crippen LogP) is 3.99. The van der Waals surface area contributed by atoms with Crippen LogP contribution in [-0.4, -0.2) is 20.9 Å². The lowest BCUT2D eigenvalue weighted by molar-refractivity contribution is 0.0695. The molecule has 1 saturated carbocycles. The van der Waals surface area contributed by atoms with E-state index in [0.717, 1.165) is 41.5 Å². The zero-order chi connectivity index (χ0) is 14.1. The van der Waals surface area contributed by atoms with E-state index in [2.05, 4.69) is 21.0 Å². The van der Waals surface area contributed by atoms with Gasteiger partial charge in [0.05, 0.1) is 11.4 Å². The minimum absolute atomic E-state index is 0.290. The number of aromatic nitrogens is 2. The van der Waals surface area contributed by atoms with Crippen molar-refractivity contribution in [2.75, 3.05) is 0 Å². The molecule has 0 amide bonds. The van der Waals surface area contributed by atoms with E-state index < -0.39 is 5.97 Å². The summed E-state index contributed by atoms with van der Waals surface area (Å²) in [5.41, 5.74) is 1.94. The van der Waals surface area contributed by atoms with E-state index in [1.807, 2.05) is 24.3 Å². The lowest BCUT2D eigenvalue weighted by atomic mass is 10.0. The van der Waals surface area contributed by atoms with Crippen LogP contribution >= 0.6 is 15.9 Å². The van der Waals surface area contributed by atoms with Gasteiger partial charge in [0, 0.05) is 16.6 Å². The van der Waals surface area contributed by atoms with Crippen molar-refractivity contribution in [2.24, 2.45) is 0 Å². The molecular weight excluding hydrogens is 320 g/mol. The maximum absolute atomic E-state index is 11.4. The fourth-order valence-corrected chi connectivity index (χ4v) is 3.04. The Kier molecular flexibility index (Phi) is 3.61. The Balaban J connectivity index is 2.02. The van der Waals surface area contributed by atoms with Gasteiger partial charge in [-0.3, -0.25) is 0 Å². The van der Waals surface area contributed by atoms with Gasteiger partial charge in [0.2, 0.25) is 0 Å². The normalized spacial score (nSPS) is 15.7. The highest BCUT2D eigenvalue weighted by atomic mass is 79.9. The van der Waals surface area contributed by atoms with E-state index >= 15 is 0 Å². The van der Waals surface area contributed by atoms with Crippen molar-refractivity contribution in [3.8, 4) is 5.69 Å². The van der Waals surface area contributed by atoms with Crippen molar-refractivity contribution < 1.29 is 9.90 Å². The van der Waals surface area contributed by atoms with Crippen LogP contribution in [0.4, 0.5) is 0 Å². The van der Waals surface area contributed by atoms with Gasteiger partial charge in [0.15, 0.2) is 0 Å². The Hall–Kier alpha value is -1.62. The van der Waals surface area contributed by atoms with Gasteiger partial charge in [-0.15, -0.1) is 0 Å². The third kappa shape index (κ3) is 2.50. The second-order valence-electron chi connectivity index (χ2n) is 5.14. The largest absolute Gasteiger partial charge is 0.478 e. The van der Waals surface area contributed by atoms with Gasteiger partial charge in [-0.2, -0.15) is 5.10 Å². The molecule has 0 spiro atoms. The molecule has 0 saturated heterocycles. The molecule has 0 atom stereocenters. The third-order valence-electron chi connectivity index (χ3n) is 3.81. The molecule has 1 aliphatic rings. The van der Waals surface area contributed by atoms with E-state index in [-0.39, 0.29) is 5.92 Å². The van der Waals surface area contributed by atoms with Crippen LogP contribution in [0, 0.1) is 0 Å². The average molecular weight is 335 g/mol. The Morgan fingerprint density at radius 1 is 1.25 bits per heavy atom. The molecule has 1 aliphatic carbocycles. The lowest BCUT2D eigenvalue weighted by Crippen LogP contribution is -2.03. The Labute approximate surface area is 125 Å². The van der Waals surface area contributed by atoms with Gasteiger partial charge in [0.1, 0.15) is 5.56 Å². The number of nitrogens with zero attached hydrogens (tertiary/aromatic N) is 2. The van der Waals surface area contributed by atoms with Crippen LogP contribution in [0.2, 0.25) is 0 Å². The van der Waals surface area contributed by atoms with Gasteiger partial charge in [-0.1, -0.05) is 28.8 Å².